The summed E-state index contributed by atoms with van der Waals surface area (Å²) in [7, 11) is 0. The second-order valence-corrected chi connectivity index (χ2v) is 6.60. The van der Waals surface area contributed by atoms with E-state index in [0.717, 1.165) is 35.8 Å². The molecule has 22 heavy (non-hydrogen) atoms. The number of fused-ring (bicyclic) bond motifs is 1. The average molecular weight is 308 g/mol. The Morgan fingerprint density at radius 1 is 1.00 bits per heavy atom. The number of rotatable bonds is 2. The molecule has 0 aliphatic carbocycles. The molecule has 0 saturated carbocycles. The molecule has 0 spiro atoms. The van der Waals surface area contributed by atoms with Crippen LogP contribution < -0.4 is 4.90 Å². The Labute approximate surface area is 133 Å². The molecular formula is C17H16N4S. The Morgan fingerprint density at radius 3 is 2.77 bits per heavy atom. The van der Waals surface area contributed by atoms with Gasteiger partial charge in [0.05, 0.1) is 0 Å². The first-order valence-corrected chi connectivity index (χ1v) is 8.44. The molecule has 0 bridgehead atoms. The molecule has 1 unspecified atom stereocenters. The first kappa shape index (κ1) is 13.5. The molecule has 3 aromatic rings. The molecule has 5 heteroatoms. The van der Waals surface area contributed by atoms with Crippen molar-refractivity contribution < 1.29 is 0 Å². The van der Waals surface area contributed by atoms with Crippen molar-refractivity contribution in [3.63, 3.8) is 0 Å². The van der Waals surface area contributed by atoms with Gasteiger partial charge in [0, 0.05) is 36.5 Å². The summed E-state index contributed by atoms with van der Waals surface area (Å²) >= 11 is 2.02. The topological polar surface area (TPSA) is 41.9 Å². The zero-order chi connectivity index (χ0) is 14.8. The zero-order valence-electron chi connectivity index (χ0n) is 12.1. The minimum atomic E-state index is 0.495. The van der Waals surface area contributed by atoms with E-state index in [9.17, 15) is 0 Å². The molecule has 1 aliphatic heterocycles. The molecular weight excluding hydrogens is 292 g/mol. The number of nitrogens with zero attached hydrogens (tertiary/aromatic N) is 4. The van der Waals surface area contributed by atoms with Crippen LogP contribution in [-0.4, -0.2) is 33.8 Å². The largest absolute Gasteiger partial charge is 0.354 e. The Balaban J connectivity index is 1.61. The lowest BCUT2D eigenvalue weighted by molar-refractivity contribution is 0.765. The van der Waals surface area contributed by atoms with Crippen LogP contribution in [0.4, 0.5) is 5.82 Å². The van der Waals surface area contributed by atoms with E-state index in [1.807, 2.05) is 17.8 Å². The summed E-state index contributed by atoms with van der Waals surface area (Å²) in [4.78, 5) is 15.6. The maximum absolute atomic E-state index is 4.67. The van der Waals surface area contributed by atoms with Crippen molar-refractivity contribution in [2.24, 2.45) is 0 Å². The van der Waals surface area contributed by atoms with Gasteiger partial charge >= 0.3 is 0 Å². The van der Waals surface area contributed by atoms with Gasteiger partial charge in [0.15, 0.2) is 5.65 Å². The second kappa shape index (κ2) is 5.93. The Kier molecular flexibility index (Phi) is 3.64. The lowest BCUT2D eigenvalue weighted by Crippen LogP contribution is -2.34. The number of aromatic nitrogens is 3. The van der Waals surface area contributed by atoms with Gasteiger partial charge in [-0.15, -0.1) is 0 Å². The van der Waals surface area contributed by atoms with Gasteiger partial charge in [0.2, 0.25) is 0 Å². The molecule has 4 rings (SSSR count). The Hall–Kier alpha value is -2.14. The molecule has 1 aromatic carbocycles. The van der Waals surface area contributed by atoms with Crippen LogP contribution in [0.2, 0.25) is 0 Å². The lowest BCUT2D eigenvalue weighted by atomic mass is 10.1. The quantitative estimate of drug-likeness (QED) is 0.726. The van der Waals surface area contributed by atoms with E-state index < -0.39 is 0 Å². The fourth-order valence-corrected chi connectivity index (χ4v) is 3.99. The van der Waals surface area contributed by atoms with Gasteiger partial charge in [-0.3, -0.25) is 4.98 Å². The van der Waals surface area contributed by atoms with Gasteiger partial charge in [0.1, 0.15) is 11.3 Å². The number of anilines is 1. The van der Waals surface area contributed by atoms with Gasteiger partial charge in [-0.25, -0.2) is 9.97 Å². The summed E-state index contributed by atoms with van der Waals surface area (Å²) in [5.74, 6) is 2.11. The monoisotopic (exact) mass is 308 g/mol. The highest BCUT2D eigenvalue weighted by Crippen LogP contribution is 2.34. The maximum Gasteiger partial charge on any atom is 0.180 e. The average Bonchev–Trinajstić information content (AvgIpc) is 2.62. The number of benzene rings is 1. The smallest absolute Gasteiger partial charge is 0.180 e. The normalized spacial score (nSPS) is 18.5. The molecule has 3 heterocycles. The fourth-order valence-electron chi connectivity index (χ4n) is 2.75. The van der Waals surface area contributed by atoms with E-state index in [4.69, 9.17) is 0 Å². The molecule has 110 valence electrons. The highest BCUT2D eigenvalue weighted by molar-refractivity contribution is 7.99. The highest BCUT2D eigenvalue weighted by Gasteiger charge is 2.22. The van der Waals surface area contributed by atoms with Crippen molar-refractivity contribution in [1.82, 2.24) is 15.0 Å². The summed E-state index contributed by atoms with van der Waals surface area (Å²) in [6, 6.07) is 14.8. The lowest BCUT2D eigenvalue weighted by Gasteiger charge is -2.33. The maximum atomic E-state index is 4.67. The van der Waals surface area contributed by atoms with E-state index in [0.29, 0.717) is 5.25 Å². The van der Waals surface area contributed by atoms with Crippen molar-refractivity contribution in [2.45, 2.75) is 5.25 Å². The predicted octanol–water partition coefficient (Wildman–Crippen LogP) is 3.32. The number of hydrogen-bond acceptors (Lipinski definition) is 5. The zero-order valence-corrected chi connectivity index (χ0v) is 12.9. The fraction of sp³-hybridized carbons (Fsp3) is 0.235. The van der Waals surface area contributed by atoms with Crippen LogP contribution in [0.15, 0.2) is 54.9 Å². The van der Waals surface area contributed by atoms with Crippen molar-refractivity contribution in [2.75, 3.05) is 23.7 Å². The first-order valence-electron chi connectivity index (χ1n) is 7.39. The standard InChI is InChI=1S/C17H16N4S/c1-2-4-13(5-3-1)15-12-21(10-11-22-15)16-7-6-14-17(20-16)19-9-8-18-14/h1-9,15H,10-12H2. The third-order valence-corrected chi connectivity index (χ3v) is 5.12. The summed E-state index contributed by atoms with van der Waals surface area (Å²) in [6.07, 6.45) is 3.39. The summed E-state index contributed by atoms with van der Waals surface area (Å²) in [6.45, 7) is 2.00. The molecule has 0 N–H and O–H groups in total. The highest BCUT2D eigenvalue weighted by atomic mass is 32.2. The van der Waals surface area contributed by atoms with Crippen LogP contribution in [0.3, 0.4) is 0 Å². The SMILES string of the molecule is c1ccc(C2CN(c3ccc4nccnc4n3)CCS2)cc1. The van der Waals surface area contributed by atoms with E-state index in [1.54, 1.807) is 12.4 Å². The Bertz CT molecular complexity index is 778. The van der Waals surface area contributed by atoms with E-state index >= 15 is 0 Å². The molecule has 0 amide bonds. The molecule has 1 saturated heterocycles. The molecule has 1 fully saturated rings. The van der Waals surface area contributed by atoms with Crippen LogP contribution in [-0.2, 0) is 0 Å². The molecule has 0 radical (unpaired) electrons. The third kappa shape index (κ3) is 2.64. The van der Waals surface area contributed by atoms with Crippen molar-refractivity contribution in [3.05, 3.63) is 60.4 Å². The van der Waals surface area contributed by atoms with Crippen molar-refractivity contribution in [1.29, 1.82) is 0 Å². The van der Waals surface area contributed by atoms with E-state index in [-0.39, 0.29) is 0 Å². The minimum absolute atomic E-state index is 0.495. The van der Waals surface area contributed by atoms with Gasteiger partial charge in [0.25, 0.3) is 0 Å². The van der Waals surface area contributed by atoms with Gasteiger partial charge in [-0.1, -0.05) is 30.3 Å². The molecule has 1 atom stereocenters. The third-order valence-electron chi connectivity index (χ3n) is 3.88. The van der Waals surface area contributed by atoms with Crippen LogP contribution in [0.5, 0.6) is 0 Å². The minimum Gasteiger partial charge on any atom is -0.354 e. The van der Waals surface area contributed by atoms with Gasteiger partial charge in [-0.2, -0.15) is 11.8 Å². The first-order chi connectivity index (χ1) is 10.9. The number of hydrogen-bond donors (Lipinski definition) is 0. The van der Waals surface area contributed by atoms with Gasteiger partial charge < -0.3 is 4.90 Å². The number of pyridine rings is 1. The van der Waals surface area contributed by atoms with Crippen LogP contribution in [0.25, 0.3) is 11.2 Å². The van der Waals surface area contributed by atoms with Crippen molar-refractivity contribution in [3.8, 4) is 0 Å². The van der Waals surface area contributed by atoms with E-state index in [1.165, 1.54) is 5.56 Å². The Morgan fingerprint density at radius 2 is 1.86 bits per heavy atom. The molecule has 2 aromatic heterocycles. The summed E-state index contributed by atoms with van der Waals surface area (Å²) < 4.78 is 0. The molecule has 4 nitrogen and oxygen atoms in total. The summed E-state index contributed by atoms with van der Waals surface area (Å²) in [5.41, 5.74) is 2.95. The second-order valence-electron chi connectivity index (χ2n) is 5.28. The van der Waals surface area contributed by atoms with Crippen LogP contribution in [0.1, 0.15) is 10.8 Å². The van der Waals surface area contributed by atoms with Crippen LogP contribution >= 0.6 is 11.8 Å². The van der Waals surface area contributed by atoms with Crippen LogP contribution in [0, 0.1) is 0 Å². The predicted molar refractivity (Wildman–Crippen MR) is 91.2 cm³/mol. The molecule has 1 aliphatic rings. The summed E-state index contributed by atoms with van der Waals surface area (Å²) in [5, 5.41) is 0.495. The van der Waals surface area contributed by atoms with Crippen molar-refractivity contribution >= 4 is 28.7 Å². The van der Waals surface area contributed by atoms with Gasteiger partial charge in [-0.05, 0) is 17.7 Å². The van der Waals surface area contributed by atoms with E-state index in [2.05, 4.69) is 56.3 Å². The number of thioether (sulfide) groups is 1.